The molecular weight excluding hydrogens is 278 g/mol. The SMILES string of the molecule is COCc1ccc(CN2CCc3nn(C)c(=O)cc3C2)cc1. The fraction of sp³-hybridized carbons (Fsp3) is 0.412. The standard InChI is InChI=1S/C17H21N3O2/c1-19-17(21)9-15-11-20(8-7-16(15)18-19)10-13-3-5-14(6-4-13)12-22-2/h3-6,9H,7-8,10-12H2,1-2H3. The molecule has 116 valence electrons. The quantitative estimate of drug-likeness (QED) is 0.858. The van der Waals surface area contributed by atoms with E-state index in [0.717, 1.165) is 37.3 Å². The Kier molecular flexibility index (Phi) is 4.36. The molecule has 0 spiro atoms. The molecule has 5 nitrogen and oxygen atoms in total. The van der Waals surface area contributed by atoms with Crippen molar-refractivity contribution in [1.29, 1.82) is 0 Å². The van der Waals surface area contributed by atoms with Crippen molar-refractivity contribution in [3.63, 3.8) is 0 Å². The Morgan fingerprint density at radius 3 is 2.68 bits per heavy atom. The van der Waals surface area contributed by atoms with Crippen molar-refractivity contribution in [2.75, 3.05) is 13.7 Å². The van der Waals surface area contributed by atoms with Crippen LogP contribution in [-0.4, -0.2) is 28.3 Å². The van der Waals surface area contributed by atoms with Crippen molar-refractivity contribution in [1.82, 2.24) is 14.7 Å². The van der Waals surface area contributed by atoms with Crippen molar-refractivity contribution >= 4 is 0 Å². The Hall–Kier alpha value is -1.98. The molecule has 0 fully saturated rings. The van der Waals surface area contributed by atoms with Crippen molar-refractivity contribution in [3.05, 3.63) is 63.1 Å². The third-order valence-electron chi connectivity index (χ3n) is 4.06. The van der Waals surface area contributed by atoms with E-state index in [9.17, 15) is 4.79 Å². The van der Waals surface area contributed by atoms with Gasteiger partial charge in [0.25, 0.3) is 5.56 Å². The Bertz CT molecular complexity index is 707. The van der Waals surface area contributed by atoms with E-state index < -0.39 is 0 Å². The number of benzene rings is 1. The van der Waals surface area contributed by atoms with Gasteiger partial charge in [0.1, 0.15) is 0 Å². The molecule has 3 rings (SSSR count). The summed E-state index contributed by atoms with van der Waals surface area (Å²) < 4.78 is 6.55. The minimum atomic E-state index is -0.0375. The summed E-state index contributed by atoms with van der Waals surface area (Å²) in [7, 11) is 3.41. The molecule has 0 saturated carbocycles. The molecular formula is C17H21N3O2. The van der Waals surface area contributed by atoms with E-state index in [2.05, 4.69) is 34.3 Å². The lowest BCUT2D eigenvalue weighted by Crippen LogP contribution is -2.33. The summed E-state index contributed by atoms with van der Waals surface area (Å²) in [6.45, 7) is 3.30. The number of hydrogen-bond donors (Lipinski definition) is 0. The van der Waals surface area contributed by atoms with Gasteiger partial charge in [-0.1, -0.05) is 24.3 Å². The molecule has 1 aliphatic heterocycles. The second-order valence-corrected chi connectivity index (χ2v) is 5.79. The largest absolute Gasteiger partial charge is 0.380 e. The maximum Gasteiger partial charge on any atom is 0.266 e. The van der Waals surface area contributed by atoms with Crippen LogP contribution in [0.2, 0.25) is 0 Å². The van der Waals surface area contributed by atoms with Gasteiger partial charge in [0, 0.05) is 46.3 Å². The molecule has 0 aliphatic carbocycles. The summed E-state index contributed by atoms with van der Waals surface area (Å²) in [5.74, 6) is 0. The second kappa shape index (κ2) is 6.42. The van der Waals surface area contributed by atoms with Crippen LogP contribution in [0.5, 0.6) is 0 Å². The third-order valence-corrected chi connectivity index (χ3v) is 4.06. The Morgan fingerprint density at radius 1 is 1.23 bits per heavy atom. The molecule has 0 amide bonds. The molecule has 2 heterocycles. The van der Waals surface area contributed by atoms with E-state index in [1.54, 1.807) is 20.2 Å². The number of methoxy groups -OCH3 is 1. The van der Waals surface area contributed by atoms with Crippen molar-refractivity contribution in [2.24, 2.45) is 7.05 Å². The van der Waals surface area contributed by atoms with E-state index in [-0.39, 0.29) is 5.56 Å². The first-order valence-electron chi connectivity index (χ1n) is 7.51. The molecule has 1 aliphatic rings. The minimum Gasteiger partial charge on any atom is -0.380 e. The van der Waals surface area contributed by atoms with Gasteiger partial charge in [-0.2, -0.15) is 5.10 Å². The highest BCUT2D eigenvalue weighted by Gasteiger charge is 2.18. The van der Waals surface area contributed by atoms with Crippen LogP contribution in [0.1, 0.15) is 22.4 Å². The zero-order chi connectivity index (χ0) is 15.5. The fourth-order valence-corrected chi connectivity index (χ4v) is 2.85. The van der Waals surface area contributed by atoms with Crippen molar-refractivity contribution in [2.45, 2.75) is 26.1 Å². The summed E-state index contributed by atoms with van der Waals surface area (Å²) in [5.41, 5.74) is 4.53. The maximum absolute atomic E-state index is 11.7. The lowest BCUT2D eigenvalue weighted by Gasteiger charge is -2.28. The highest BCUT2D eigenvalue weighted by molar-refractivity contribution is 5.24. The molecule has 1 aromatic carbocycles. The number of ether oxygens (including phenoxy) is 1. The first-order chi connectivity index (χ1) is 10.7. The number of fused-ring (bicyclic) bond motifs is 1. The lowest BCUT2D eigenvalue weighted by atomic mass is 10.1. The van der Waals surface area contributed by atoms with Gasteiger partial charge in [0.2, 0.25) is 0 Å². The van der Waals surface area contributed by atoms with Crippen molar-refractivity contribution in [3.8, 4) is 0 Å². The van der Waals surface area contributed by atoms with Gasteiger partial charge in [-0.05, 0) is 16.7 Å². The minimum absolute atomic E-state index is 0.0375. The molecule has 1 aromatic heterocycles. The van der Waals surface area contributed by atoms with Gasteiger partial charge in [-0.3, -0.25) is 9.69 Å². The smallest absolute Gasteiger partial charge is 0.266 e. The maximum atomic E-state index is 11.7. The van der Waals surface area contributed by atoms with Crippen LogP contribution in [0.4, 0.5) is 0 Å². The summed E-state index contributed by atoms with van der Waals surface area (Å²) in [6.07, 6.45) is 0.894. The zero-order valence-electron chi connectivity index (χ0n) is 13.1. The molecule has 0 atom stereocenters. The van der Waals surface area contributed by atoms with Gasteiger partial charge >= 0.3 is 0 Å². The first-order valence-corrected chi connectivity index (χ1v) is 7.51. The highest BCUT2D eigenvalue weighted by atomic mass is 16.5. The Balaban J connectivity index is 1.69. The van der Waals surface area contributed by atoms with Crippen molar-refractivity contribution < 1.29 is 4.74 Å². The number of aryl methyl sites for hydroxylation is 1. The van der Waals surface area contributed by atoms with Crippen LogP contribution >= 0.6 is 0 Å². The van der Waals surface area contributed by atoms with Crippen LogP contribution in [-0.2, 0) is 37.9 Å². The van der Waals surface area contributed by atoms with Crippen LogP contribution in [0.15, 0.2) is 35.1 Å². The van der Waals surface area contributed by atoms with Gasteiger partial charge in [0.15, 0.2) is 0 Å². The molecule has 0 N–H and O–H groups in total. The Morgan fingerprint density at radius 2 is 1.95 bits per heavy atom. The predicted octanol–water partition coefficient (Wildman–Crippen LogP) is 1.48. The summed E-state index contributed by atoms with van der Waals surface area (Å²) in [4.78, 5) is 14.1. The lowest BCUT2D eigenvalue weighted by molar-refractivity contribution is 0.185. The van der Waals surface area contributed by atoms with E-state index >= 15 is 0 Å². The number of aromatic nitrogens is 2. The Labute approximate surface area is 130 Å². The van der Waals surface area contributed by atoms with E-state index in [1.807, 2.05) is 0 Å². The molecule has 0 radical (unpaired) electrons. The summed E-state index contributed by atoms with van der Waals surface area (Å²) in [5, 5.41) is 4.35. The van der Waals surface area contributed by atoms with Crippen LogP contribution < -0.4 is 5.56 Å². The number of nitrogens with zero attached hydrogens (tertiary/aromatic N) is 3. The van der Waals surface area contributed by atoms with Gasteiger partial charge in [-0.15, -0.1) is 0 Å². The van der Waals surface area contributed by atoms with Crippen LogP contribution in [0.3, 0.4) is 0 Å². The normalized spacial score (nSPS) is 14.8. The van der Waals surface area contributed by atoms with E-state index in [0.29, 0.717) is 6.61 Å². The molecule has 5 heteroatoms. The van der Waals surface area contributed by atoms with Crippen LogP contribution in [0.25, 0.3) is 0 Å². The third kappa shape index (κ3) is 3.26. The predicted molar refractivity (Wildman–Crippen MR) is 84.5 cm³/mol. The monoisotopic (exact) mass is 299 g/mol. The van der Waals surface area contributed by atoms with E-state index in [1.165, 1.54) is 15.8 Å². The molecule has 0 bridgehead atoms. The summed E-state index contributed by atoms with van der Waals surface area (Å²) in [6, 6.07) is 10.2. The first kappa shape index (κ1) is 14.9. The van der Waals surface area contributed by atoms with Gasteiger partial charge in [0.05, 0.1) is 12.3 Å². The van der Waals surface area contributed by atoms with Crippen LogP contribution in [0, 0.1) is 0 Å². The fourth-order valence-electron chi connectivity index (χ4n) is 2.85. The molecule has 0 saturated heterocycles. The van der Waals surface area contributed by atoms with Gasteiger partial charge < -0.3 is 4.74 Å². The number of rotatable bonds is 4. The summed E-state index contributed by atoms with van der Waals surface area (Å²) >= 11 is 0. The molecule has 2 aromatic rings. The highest BCUT2D eigenvalue weighted by Crippen LogP contribution is 2.17. The average molecular weight is 299 g/mol. The second-order valence-electron chi connectivity index (χ2n) is 5.79. The molecule has 22 heavy (non-hydrogen) atoms. The van der Waals surface area contributed by atoms with E-state index in [4.69, 9.17) is 4.74 Å². The van der Waals surface area contributed by atoms with Gasteiger partial charge in [-0.25, -0.2) is 4.68 Å². The topological polar surface area (TPSA) is 47.4 Å². The molecule has 0 unspecified atom stereocenters. The zero-order valence-corrected chi connectivity index (χ0v) is 13.1. The average Bonchev–Trinajstić information content (AvgIpc) is 2.51. The number of hydrogen-bond acceptors (Lipinski definition) is 4.